The number of ether oxygens (including phenoxy) is 2. The second-order valence-electron chi connectivity index (χ2n) is 7.51. The molecule has 0 radical (unpaired) electrons. The molecule has 0 saturated carbocycles. The van der Waals surface area contributed by atoms with Crippen LogP contribution in [0.1, 0.15) is 28.9 Å². The number of aryl methyl sites for hydroxylation is 2. The minimum Gasteiger partial charge on any atom is -0.494 e. The molecule has 0 amide bonds. The van der Waals surface area contributed by atoms with E-state index >= 15 is 0 Å². The summed E-state index contributed by atoms with van der Waals surface area (Å²) in [6.45, 7) is 0.482. The number of esters is 2. The Hall–Kier alpha value is -3.54. The van der Waals surface area contributed by atoms with Gasteiger partial charge in [-0.1, -0.05) is 18.2 Å². The molecule has 0 aliphatic carbocycles. The van der Waals surface area contributed by atoms with Gasteiger partial charge in [0.15, 0.2) is 0 Å². The largest absolute Gasteiger partial charge is 0.494 e. The van der Waals surface area contributed by atoms with Crippen LogP contribution in [0.15, 0.2) is 72.0 Å². The molecule has 1 atom stereocenters. The van der Waals surface area contributed by atoms with Crippen LogP contribution in [0.5, 0.6) is 5.75 Å². The van der Waals surface area contributed by atoms with Gasteiger partial charge in [0.2, 0.25) is 10.0 Å². The third-order valence-electron chi connectivity index (χ3n) is 4.65. The van der Waals surface area contributed by atoms with E-state index in [-0.39, 0.29) is 10.5 Å². The van der Waals surface area contributed by atoms with Crippen LogP contribution in [0.25, 0.3) is 0 Å². The lowest BCUT2D eigenvalue weighted by atomic mass is 10.2. The molecule has 0 aliphatic rings. The smallest absolute Gasteiger partial charge is 0.345 e. The molecule has 0 aliphatic heterocycles. The van der Waals surface area contributed by atoms with E-state index in [1.54, 1.807) is 36.7 Å². The second kappa shape index (κ2) is 11.5. The van der Waals surface area contributed by atoms with Gasteiger partial charge in [0.25, 0.3) is 0 Å². The predicted molar refractivity (Wildman–Crippen MR) is 123 cm³/mol. The first kappa shape index (κ1) is 25.1. The SMILES string of the molecule is Cn1cnc(CCCOc2ccc(C(=O)OC(=O)C[C@@H](N)NS(=O)(=O)c3ccccc3)cc2)c1. The van der Waals surface area contributed by atoms with Crippen LogP contribution in [0.3, 0.4) is 0 Å². The first-order valence-electron chi connectivity index (χ1n) is 10.5. The molecular weight excluding hydrogens is 460 g/mol. The van der Waals surface area contributed by atoms with Crippen LogP contribution < -0.4 is 15.2 Å². The average molecular weight is 487 g/mol. The lowest BCUT2D eigenvalue weighted by Crippen LogP contribution is -2.43. The quantitative estimate of drug-likeness (QED) is 0.181. The van der Waals surface area contributed by atoms with Crippen LogP contribution >= 0.6 is 0 Å². The fraction of sp³-hybridized carbons (Fsp3) is 0.261. The van der Waals surface area contributed by atoms with Crippen LogP contribution in [-0.4, -0.2) is 42.7 Å². The van der Waals surface area contributed by atoms with Crippen molar-refractivity contribution in [3.63, 3.8) is 0 Å². The molecule has 0 unspecified atom stereocenters. The topological polar surface area (TPSA) is 143 Å². The number of nitrogens with one attached hydrogen (secondary N) is 1. The normalized spacial score (nSPS) is 12.2. The molecule has 10 nitrogen and oxygen atoms in total. The Morgan fingerprint density at radius 3 is 2.47 bits per heavy atom. The Balaban J connectivity index is 1.42. The van der Waals surface area contributed by atoms with E-state index < -0.39 is 34.5 Å². The third-order valence-corrected chi connectivity index (χ3v) is 6.15. The van der Waals surface area contributed by atoms with Gasteiger partial charge in [0.05, 0.1) is 41.7 Å². The van der Waals surface area contributed by atoms with Crippen molar-refractivity contribution in [3.8, 4) is 5.75 Å². The number of hydrogen-bond donors (Lipinski definition) is 2. The van der Waals surface area contributed by atoms with Crippen molar-refractivity contribution in [2.75, 3.05) is 6.61 Å². The molecule has 2 aromatic carbocycles. The van der Waals surface area contributed by atoms with Gasteiger partial charge in [-0.3, -0.25) is 4.79 Å². The highest BCUT2D eigenvalue weighted by Gasteiger charge is 2.21. The minimum atomic E-state index is -3.90. The Bertz CT molecular complexity index is 1210. The lowest BCUT2D eigenvalue weighted by molar-refractivity contribution is -0.138. The van der Waals surface area contributed by atoms with Gasteiger partial charge >= 0.3 is 11.9 Å². The number of rotatable bonds is 11. The fourth-order valence-electron chi connectivity index (χ4n) is 3.02. The number of nitrogens with two attached hydrogens (primary N) is 1. The summed E-state index contributed by atoms with van der Waals surface area (Å²) < 4.78 is 39.0. The van der Waals surface area contributed by atoms with E-state index in [4.69, 9.17) is 15.2 Å². The molecule has 0 bridgehead atoms. The van der Waals surface area contributed by atoms with Gasteiger partial charge in [-0.05, 0) is 49.2 Å². The molecule has 0 fully saturated rings. The number of sulfonamides is 1. The van der Waals surface area contributed by atoms with Crippen molar-refractivity contribution in [1.29, 1.82) is 0 Å². The summed E-state index contributed by atoms with van der Waals surface area (Å²) in [5, 5.41) is 0. The molecule has 3 aromatic rings. The zero-order valence-corrected chi connectivity index (χ0v) is 19.4. The summed E-state index contributed by atoms with van der Waals surface area (Å²) in [7, 11) is -1.99. The summed E-state index contributed by atoms with van der Waals surface area (Å²) in [4.78, 5) is 28.5. The van der Waals surface area contributed by atoms with Gasteiger partial charge in [0, 0.05) is 13.2 Å². The van der Waals surface area contributed by atoms with E-state index in [1.165, 1.54) is 24.3 Å². The Morgan fingerprint density at radius 1 is 1.12 bits per heavy atom. The number of benzene rings is 2. The Kier molecular flexibility index (Phi) is 8.52. The van der Waals surface area contributed by atoms with E-state index in [0.29, 0.717) is 12.4 Å². The number of carbonyl (C=O) groups excluding carboxylic acids is 2. The van der Waals surface area contributed by atoms with Crippen molar-refractivity contribution >= 4 is 22.0 Å². The standard InChI is InChI=1S/C23H26N4O6S/c1-27-15-18(25-16-27)6-5-13-32-19-11-9-17(10-12-19)23(29)33-22(28)14-21(24)26-34(30,31)20-7-3-2-4-8-20/h2-4,7-12,15-16,21,26H,5-6,13-14,24H2,1H3/t21-/m0/s1. The number of nitrogens with zero attached hydrogens (tertiary/aromatic N) is 2. The number of aromatic nitrogens is 2. The molecule has 3 rings (SSSR count). The summed E-state index contributed by atoms with van der Waals surface area (Å²) in [5.41, 5.74) is 6.84. The van der Waals surface area contributed by atoms with Crippen molar-refractivity contribution in [2.45, 2.75) is 30.3 Å². The van der Waals surface area contributed by atoms with Gasteiger partial charge in [-0.15, -0.1) is 0 Å². The van der Waals surface area contributed by atoms with E-state index in [9.17, 15) is 18.0 Å². The first-order valence-corrected chi connectivity index (χ1v) is 12.0. The minimum absolute atomic E-state index is 0.00827. The maximum atomic E-state index is 12.2. The second-order valence-corrected chi connectivity index (χ2v) is 9.23. The molecule has 34 heavy (non-hydrogen) atoms. The molecule has 1 heterocycles. The van der Waals surface area contributed by atoms with Crippen LogP contribution in [-0.2, 0) is 33.0 Å². The van der Waals surface area contributed by atoms with Crippen molar-refractivity contribution in [1.82, 2.24) is 14.3 Å². The van der Waals surface area contributed by atoms with Gasteiger partial charge in [0.1, 0.15) is 5.75 Å². The number of imidazole rings is 1. The molecular formula is C23H26N4O6S. The van der Waals surface area contributed by atoms with Gasteiger partial charge < -0.3 is 19.8 Å². The van der Waals surface area contributed by atoms with Crippen molar-refractivity contribution in [3.05, 3.63) is 78.4 Å². The highest BCUT2D eigenvalue weighted by molar-refractivity contribution is 7.89. The molecule has 3 N–H and O–H groups in total. The zero-order chi connectivity index (χ0) is 24.6. The lowest BCUT2D eigenvalue weighted by Gasteiger charge is -2.13. The monoisotopic (exact) mass is 486 g/mol. The maximum Gasteiger partial charge on any atom is 0.345 e. The van der Waals surface area contributed by atoms with Crippen molar-refractivity contribution < 1.29 is 27.5 Å². The average Bonchev–Trinajstić information content (AvgIpc) is 3.22. The van der Waals surface area contributed by atoms with Gasteiger partial charge in [-0.2, -0.15) is 4.72 Å². The van der Waals surface area contributed by atoms with Crippen molar-refractivity contribution in [2.24, 2.45) is 12.8 Å². The molecule has 180 valence electrons. The molecule has 1 aromatic heterocycles. The van der Waals surface area contributed by atoms with E-state index in [1.807, 2.05) is 17.8 Å². The fourth-order valence-corrected chi connectivity index (χ4v) is 4.15. The summed E-state index contributed by atoms with van der Waals surface area (Å²) >= 11 is 0. The van der Waals surface area contributed by atoms with E-state index in [2.05, 4.69) is 9.71 Å². The summed E-state index contributed by atoms with van der Waals surface area (Å²) in [6.07, 6.45) is 3.49. The first-order chi connectivity index (χ1) is 16.2. The molecule has 11 heteroatoms. The molecule has 0 saturated heterocycles. The number of hydrogen-bond acceptors (Lipinski definition) is 8. The summed E-state index contributed by atoms with van der Waals surface area (Å²) in [5.74, 6) is -1.26. The van der Waals surface area contributed by atoms with Crippen LogP contribution in [0.4, 0.5) is 0 Å². The molecule has 0 spiro atoms. The van der Waals surface area contributed by atoms with Gasteiger partial charge in [-0.25, -0.2) is 18.2 Å². The Labute approximate surface area is 197 Å². The van der Waals surface area contributed by atoms with E-state index in [0.717, 1.165) is 18.5 Å². The predicted octanol–water partition coefficient (Wildman–Crippen LogP) is 1.77. The maximum absolute atomic E-state index is 12.2. The Morgan fingerprint density at radius 2 is 1.82 bits per heavy atom. The zero-order valence-electron chi connectivity index (χ0n) is 18.6. The summed E-state index contributed by atoms with van der Waals surface area (Å²) in [6, 6.07) is 13.7. The van der Waals surface area contributed by atoms with Crippen LogP contribution in [0.2, 0.25) is 0 Å². The highest BCUT2D eigenvalue weighted by atomic mass is 32.2. The third kappa shape index (κ3) is 7.51. The van der Waals surface area contributed by atoms with Crippen LogP contribution in [0, 0.1) is 0 Å². The highest BCUT2D eigenvalue weighted by Crippen LogP contribution is 2.14. The number of carbonyl (C=O) groups is 2.